The van der Waals surface area contributed by atoms with E-state index in [1.807, 2.05) is 32.0 Å². The van der Waals surface area contributed by atoms with Crippen LogP contribution in [0.2, 0.25) is 0 Å². The number of fused-ring (bicyclic) bond motifs is 2. The van der Waals surface area contributed by atoms with E-state index in [0.717, 1.165) is 27.6 Å². The molecule has 2 aromatic carbocycles. The van der Waals surface area contributed by atoms with Crippen LogP contribution in [0.4, 0.5) is 0 Å². The Morgan fingerprint density at radius 2 is 1.84 bits per heavy atom. The van der Waals surface area contributed by atoms with Crippen LogP contribution in [-0.2, 0) is 28.9 Å². The normalized spacial score (nSPS) is 14.7. The number of nitrogens with one attached hydrogen (secondary N) is 1. The molecule has 0 saturated heterocycles. The van der Waals surface area contributed by atoms with E-state index in [4.69, 9.17) is 9.15 Å². The third-order valence-electron chi connectivity index (χ3n) is 6.23. The highest BCUT2D eigenvalue weighted by atomic mass is 16.5. The van der Waals surface area contributed by atoms with Crippen molar-refractivity contribution >= 4 is 16.9 Å². The SMILES string of the molecule is CCOC(=O)C1(NCc2cc(=O)oc3cc(C)c(C(C)C)cc23)Cc2ccccc2C1. The summed E-state index contributed by atoms with van der Waals surface area (Å²) >= 11 is 0. The fraction of sp³-hybridized carbons (Fsp3) is 0.385. The minimum Gasteiger partial charge on any atom is -0.465 e. The van der Waals surface area contributed by atoms with Crippen molar-refractivity contribution in [2.75, 3.05) is 6.61 Å². The van der Waals surface area contributed by atoms with Gasteiger partial charge in [0.2, 0.25) is 0 Å². The van der Waals surface area contributed by atoms with Crippen molar-refractivity contribution in [3.63, 3.8) is 0 Å². The van der Waals surface area contributed by atoms with E-state index in [0.29, 0.717) is 37.5 Å². The van der Waals surface area contributed by atoms with Gasteiger partial charge in [0.25, 0.3) is 0 Å². The summed E-state index contributed by atoms with van der Waals surface area (Å²) in [6, 6.07) is 13.7. The highest BCUT2D eigenvalue weighted by Gasteiger charge is 2.44. The molecule has 0 bridgehead atoms. The van der Waals surface area contributed by atoms with Crippen molar-refractivity contribution < 1.29 is 13.9 Å². The van der Waals surface area contributed by atoms with Gasteiger partial charge in [-0.2, -0.15) is 0 Å². The lowest BCUT2D eigenvalue weighted by molar-refractivity contribution is -0.151. The van der Waals surface area contributed by atoms with Gasteiger partial charge in [0, 0.05) is 30.8 Å². The summed E-state index contributed by atoms with van der Waals surface area (Å²) in [6.45, 7) is 8.85. The molecule has 1 aliphatic carbocycles. The summed E-state index contributed by atoms with van der Waals surface area (Å²) in [5.41, 5.74) is 4.80. The zero-order valence-electron chi connectivity index (χ0n) is 18.6. The maximum Gasteiger partial charge on any atom is 0.336 e. The van der Waals surface area contributed by atoms with Crippen LogP contribution < -0.4 is 10.9 Å². The van der Waals surface area contributed by atoms with Crippen LogP contribution in [0, 0.1) is 6.92 Å². The van der Waals surface area contributed by atoms with Crippen molar-refractivity contribution in [1.82, 2.24) is 5.32 Å². The van der Waals surface area contributed by atoms with Gasteiger partial charge in [0.15, 0.2) is 0 Å². The predicted octanol–water partition coefficient (Wildman–Crippen LogP) is 4.42. The van der Waals surface area contributed by atoms with E-state index in [-0.39, 0.29) is 11.6 Å². The van der Waals surface area contributed by atoms with Crippen molar-refractivity contribution in [2.45, 2.75) is 58.5 Å². The third kappa shape index (κ3) is 4.02. The molecule has 0 atom stereocenters. The van der Waals surface area contributed by atoms with E-state index < -0.39 is 5.54 Å². The van der Waals surface area contributed by atoms with E-state index in [9.17, 15) is 9.59 Å². The Morgan fingerprint density at radius 3 is 2.45 bits per heavy atom. The van der Waals surface area contributed by atoms with Crippen LogP contribution in [-0.4, -0.2) is 18.1 Å². The average Bonchev–Trinajstić information content (AvgIpc) is 3.11. The molecule has 0 radical (unpaired) electrons. The molecule has 0 amide bonds. The summed E-state index contributed by atoms with van der Waals surface area (Å²) in [4.78, 5) is 25.2. The zero-order chi connectivity index (χ0) is 22.2. The first-order chi connectivity index (χ1) is 14.8. The second-order valence-electron chi connectivity index (χ2n) is 8.73. The standard InChI is InChI=1S/C26H29NO4/c1-5-30-25(29)26(13-18-8-6-7-9-19(18)14-26)27-15-20-11-24(28)31-23-10-17(4)21(16(2)3)12-22(20)23/h6-12,16,27H,5,13-15H2,1-4H3. The Morgan fingerprint density at radius 1 is 1.16 bits per heavy atom. The van der Waals surface area contributed by atoms with Gasteiger partial charge in [-0.15, -0.1) is 0 Å². The molecule has 1 aliphatic rings. The number of ether oxygens (including phenoxy) is 1. The number of carbonyl (C=O) groups is 1. The molecule has 0 saturated carbocycles. The van der Waals surface area contributed by atoms with Crippen LogP contribution in [0.3, 0.4) is 0 Å². The van der Waals surface area contributed by atoms with Crippen molar-refractivity contribution in [1.29, 1.82) is 0 Å². The lowest BCUT2D eigenvalue weighted by atomic mass is 9.93. The quantitative estimate of drug-likeness (QED) is 0.473. The molecule has 31 heavy (non-hydrogen) atoms. The molecule has 0 fully saturated rings. The van der Waals surface area contributed by atoms with Gasteiger partial charge in [-0.3, -0.25) is 10.1 Å². The molecule has 1 heterocycles. The summed E-state index contributed by atoms with van der Waals surface area (Å²) in [7, 11) is 0. The first-order valence-electron chi connectivity index (χ1n) is 10.9. The molecule has 3 aromatic rings. The fourth-order valence-corrected chi connectivity index (χ4v) is 4.65. The Balaban J connectivity index is 1.71. The molecular formula is C26H29NO4. The molecule has 1 N–H and O–H groups in total. The molecule has 5 nitrogen and oxygen atoms in total. The van der Waals surface area contributed by atoms with Crippen LogP contribution in [0.1, 0.15) is 54.5 Å². The van der Waals surface area contributed by atoms with Crippen molar-refractivity contribution in [2.24, 2.45) is 0 Å². The second-order valence-corrected chi connectivity index (χ2v) is 8.73. The molecule has 0 aliphatic heterocycles. The van der Waals surface area contributed by atoms with Crippen LogP contribution in [0.5, 0.6) is 0 Å². The fourth-order valence-electron chi connectivity index (χ4n) is 4.65. The van der Waals surface area contributed by atoms with Gasteiger partial charge in [0.1, 0.15) is 11.1 Å². The molecular weight excluding hydrogens is 390 g/mol. The average molecular weight is 420 g/mol. The van der Waals surface area contributed by atoms with Crippen LogP contribution >= 0.6 is 0 Å². The third-order valence-corrected chi connectivity index (χ3v) is 6.23. The van der Waals surface area contributed by atoms with Gasteiger partial charge < -0.3 is 9.15 Å². The lowest BCUT2D eigenvalue weighted by Crippen LogP contribution is -2.53. The number of benzene rings is 2. The van der Waals surface area contributed by atoms with E-state index >= 15 is 0 Å². The zero-order valence-corrected chi connectivity index (χ0v) is 18.6. The van der Waals surface area contributed by atoms with Gasteiger partial charge in [-0.25, -0.2) is 4.79 Å². The Kier molecular flexibility index (Phi) is 5.71. The van der Waals surface area contributed by atoms with Crippen molar-refractivity contribution in [3.8, 4) is 0 Å². The molecule has 4 rings (SSSR count). The van der Waals surface area contributed by atoms with Gasteiger partial charge in [0.05, 0.1) is 6.61 Å². The lowest BCUT2D eigenvalue weighted by Gasteiger charge is -2.28. The molecule has 0 spiro atoms. The highest BCUT2D eigenvalue weighted by Crippen LogP contribution is 2.32. The largest absolute Gasteiger partial charge is 0.465 e. The van der Waals surface area contributed by atoms with E-state index in [1.165, 1.54) is 11.6 Å². The molecule has 1 aromatic heterocycles. The minimum atomic E-state index is -0.840. The molecule has 5 heteroatoms. The Hall–Kier alpha value is -2.92. The highest BCUT2D eigenvalue weighted by molar-refractivity contribution is 5.84. The smallest absolute Gasteiger partial charge is 0.336 e. The number of rotatable bonds is 6. The minimum absolute atomic E-state index is 0.253. The number of hydrogen-bond donors (Lipinski definition) is 1. The number of esters is 1. The van der Waals surface area contributed by atoms with E-state index in [1.54, 1.807) is 0 Å². The summed E-state index contributed by atoms with van der Waals surface area (Å²) in [6.07, 6.45) is 1.13. The van der Waals surface area contributed by atoms with Gasteiger partial charge in [-0.1, -0.05) is 38.1 Å². The summed E-state index contributed by atoms with van der Waals surface area (Å²) in [5, 5.41) is 4.37. The topological polar surface area (TPSA) is 68.5 Å². The second kappa shape index (κ2) is 8.31. The van der Waals surface area contributed by atoms with E-state index in [2.05, 4.69) is 37.4 Å². The number of aryl methyl sites for hydroxylation is 1. The number of hydrogen-bond acceptors (Lipinski definition) is 5. The Labute approximate surface area is 182 Å². The summed E-state index contributed by atoms with van der Waals surface area (Å²) < 4.78 is 10.9. The summed E-state index contributed by atoms with van der Waals surface area (Å²) in [5.74, 6) is 0.101. The van der Waals surface area contributed by atoms with Gasteiger partial charge in [-0.05, 0) is 59.7 Å². The van der Waals surface area contributed by atoms with Crippen LogP contribution in [0.15, 0.2) is 51.7 Å². The monoisotopic (exact) mass is 419 g/mol. The predicted molar refractivity (Wildman–Crippen MR) is 121 cm³/mol. The maximum absolute atomic E-state index is 13.0. The van der Waals surface area contributed by atoms with Crippen LogP contribution in [0.25, 0.3) is 11.0 Å². The first kappa shape index (κ1) is 21.3. The van der Waals surface area contributed by atoms with Crippen molar-refractivity contribution in [3.05, 3.63) is 80.7 Å². The molecule has 162 valence electrons. The number of carbonyl (C=O) groups excluding carboxylic acids is 1. The van der Waals surface area contributed by atoms with Gasteiger partial charge >= 0.3 is 11.6 Å². The molecule has 0 unspecified atom stereocenters. The maximum atomic E-state index is 13.0. The first-order valence-corrected chi connectivity index (χ1v) is 10.9. The Bertz CT molecular complexity index is 1170.